The predicted octanol–water partition coefficient (Wildman–Crippen LogP) is -0.112. The van der Waals surface area contributed by atoms with Crippen LogP contribution in [-0.4, -0.2) is 32.5 Å². The highest BCUT2D eigenvalue weighted by atomic mass is 32.2. The van der Waals surface area contributed by atoms with Crippen LogP contribution in [0.3, 0.4) is 0 Å². The molecule has 74 valence electrons. The minimum atomic E-state index is -0.702. The van der Waals surface area contributed by atoms with Crippen LogP contribution in [0, 0.1) is 0 Å². The molecule has 0 aromatic carbocycles. The Morgan fingerprint density at radius 2 is 2.46 bits per heavy atom. The Morgan fingerprint density at radius 1 is 1.69 bits per heavy atom. The summed E-state index contributed by atoms with van der Waals surface area (Å²) in [7, 11) is 1.19. The fourth-order valence-corrected chi connectivity index (χ4v) is 1.44. The summed E-state index contributed by atoms with van der Waals surface area (Å²) >= 11 is 0. The monoisotopic (exact) mass is 201 g/mol. The summed E-state index contributed by atoms with van der Waals surface area (Å²) in [5, 5.41) is 7.25. The highest BCUT2D eigenvalue weighted by molar-refractivity contribution is 7.84. The van der Waals surface area contributed by atoms with Gasteiger partial charge in [-0.2, -0.15) is 5.10 Å². The van der Waals surface area contributed by atoms with Crippen molar-refractivity contribution in [1.29, 1.82) is 0 Å². The average molecular weight is 201 g/mol. The van der Waals surface area contributed by atoms with E-state index >= 15 is 0 Å². The molecule has 1 atom stereocenters. The summed E-state index contributed by atoms with van der Waals surface area (Å²) in [6, 6.07) is 0. The van der Waals surface area contributed by atoms with E-state index in [9.17, 15) is 4.21 Å². The third kappa shape index (κ3) is 4.19. The second kappa shape index (κ2) is 5.14. The average Bonchev–Trinajstić information content (AvgIpc) is 2.45. The standard InChI is InChI=1S/C8H15N3OS/c1-11-7-8(6-10-11)5-9-3-4-13(2)12/h6-7,9H,3-5H2,1-2H3. The van der Waals surface area contributed by atoms with Gasteiger partial charge in [-0.25, -0.2) is 0 Å². The molecule has 0 saturated carbocycles. The maximum absolute atomic E-state index is 10.7. The van der Waals surface area contributed by atoms with E-state index in [0.717, 1.165) is 18.7 Å². The molecular weight excluding hydrogens is 186 g/mol. The summed E-state index contributed by atoms with van der Waals surface area (Å²) in [5.74, 6) is 0.709. The molecule has 0 aliphatic carbocycles. The molecule has 1 aromatic rings. The molecule has 0 amide bonds. The van der Waals surface area contributed by atoms with Gasteiger partial charge in [-0.3, -0.25) is 8.89 Å². The van der Waals surface area contributed by atoms with Crippen LogP contribution >= 0.6 is 0 Å². The minimum absolute atomic E-state index is 0.702. The van der Waals surface area contributed by atoms with Crippen molar-refractivity contribution >= 4 is 10.8 Å². The molecule has 0 aliphatic heterocycles. The van der Waals surface area contributed by atoms with E-state index in [1.54, 1.807) is 10.9 Å². The molecule has 13 heavy (non-hydrogen) atoms. The minimum Gasteiger partial charge on any atom is -0.312 e. The highest BCUT2D eigenvalue weighted by Gasteiger charge is 1.95. The Balaban J connectivity index is 2.16. The lowest BCUT2D eigenvalue weighted by atomic mass is 10.3. The summed E-state index contributed by atoms with van der Waals surface area (Å²) in [6.45, 7) is 1.59. The van der Waals surface area contributed by atoms with E-state index in [0.29, 0.717) is 5.75 Å². The third-order valence-electron chi connectivity index (χ3n) is 1.65. The van der Waals surface area contributed by atoms with Crippen LogP contribution in [-0.2, 0) is 24.4 Å². The van der Waals surface area contributed by atoms with Crippen molar-refractivity contribution < 1.29 is 4.21 Å². The molecule has 1 heterocycles. The molecule has 0 fully saturated rings. The molecule has 0 aliphatic rings. The zero-order valence-electron chi connectivity index (χ0n) is 7.99. The van der Waals surface area contributed by atoms with Crippen molar-refractivity contribution in [3.8, 4) is 0 Å². The van der Waals surface area contributed by atoms with E-state index in [-0.39, 0.29) is 0 Å². The fraction of sp³-hybridized carbons (Fsp3) is 0.625. The Morgan fingerprint density at radius 3 is 3.00 bits per heavy atom. The molecule has 0 spiro atoms. The second-order valence-electron chi connectivity index (χ2n) is 2.98. The van der Waals surface area contributed by atoms with Gasteiger partial charge in [-0.1, -0.05) is 0 Å². The summed E-state index contributed by atoms with van der Waals surface area (Å²) in [5.41, 5.74) is 1.16. The van der Waals surface area contributed by atoms with Gasteiger partial charge in [0.05, 0.1) is 6.20 Å². The quantitative estimate of drug-likeness (QED) is 0.676. The van der Waals surface area contributed by atoms with Crippen LogP contribution in [0.25, 0.3) is 0 Å². The van der Waals surface area contributed by atoms with Gasteiger partial charge in [-0.05, 0) is 0 Å². The SMILES string of the molecule is Cn1cc(CNCCS(C)=O)cn1. The number of rotatable bonds is 5. The van der Waals surface area contributed by atoms with Crippen LogP contribution in [0.15, 0.2) is 12.4 Å². The fourth-order valence-electron chi connectivity index (χ4n) is 1.01. The Bertz CT molecular complexity index is 285. The summed E-state index contributed by atoms with van der Waals surface area (Å²) in [6.07, 6.45) is 5.51. The van der Waals surface area contributed by atoms with Gasteiger partial charge >= 0.3 is 0 Å². The number of hydrogen-bond acceptors (Lipinski definition) is 3. The number of aryl methyl sites for hydroxylation is 1. The normalized spacial score (nSPS) is 13.1. The van der Waals surface area contributed by atoms with E-state index in [4.69, 9.17) is 0 Å². The first kappa shape index (κ1) is 10.4. The van der Waals surface area contributed by atoms with Gasteiger partial charge in [-0.15, -0.1) is 0 Å². The largest absolute Gasteiger partial charge is 0.312 e. The first-order valence-corrected chi connectivity index (χ1v) is 5.89. The molecule has 1 N–H and O–H groups in total. The van der Waals surface area contributed by atoms with Crippen molar-refractivity contribution in [2.75, 3.05) is 18.6 Å². The molecule has 1 aromatic heterocycles. The first-order chi connectivity index (χ1) is 6.18. The van der Waals surface area contributed by atoms with Gasteiger partial charge in [0, 0.05) is 54.7 Å². The lowest BCUT2D eigenvalue weighted by Crippen LogP contribution is -2.19. The van der Waals surface area contributed by atoms with E-state index in [2.05, 4.69) is 10.4 Å². The molecule has 0 saturated heterocycles. The van der Waals surface area contributed by atoms with Gasteiger partial charge in [0.25, 0.3) is 0 Å². The van der Waals surface area contributed by atoms with Gasteiger partial charge < -0.3 is 5.32 Å². The molecule has 1 rings (SSSR count). The van der Waals surface area contributed by atoms with E-state index in [1.807, 2.05) is 19.4 Å². The highest BCUT2D eigenvalue weighted by Crippen LogP contribution is 1.94. The van der Waals surface area contributed by atoms with E-state index < -0.39 is 10.8 Å². The number of nitrogens with one attached hydrogen (secondary N) is 1. The summed E-state index contributed by atoms with van der Waals surface area (Å²) < 4.78 is 12.5. The zero-order valence-corrected chi connectivity index (χ0v) is 8.80. The van der Waals surface area contributed by atoms with Crippen LogP contribution in [0.5, 0.6) is 0 Å². The van der Waals surface area contributed by atoms with Crippen molar-refractivity contribution in [2.45, 2.75) is 6.54 Å². The number of hydrogen-bond donors (Lipinski definition) is 1. The third-order valence-corrected chi connectivity index (χ3v) is 2.43. The molecular formula is C8H15N3OS. The van der Waals surface area contributed by atoms with Gasteiger partial charge in [0.15, 0.2) is 0 Å². The molecule has 4 nitrogen and oxygen atoms in total. The second-order valence-corrected chi connectivity index (χ2v) is 4.53. The topological polar surface area (TPSA) is 46.9 Å². The van der Waals surface area contributed by atoms with E-state index in [1.165, 1.54) is 0 Å². The zero-order chi connectivity index (χ0) is 9.68. The Kier molecular flexibility index (Phi) is 4.11. The van der Waals surface area contributed by atoms with Gasteiger partial charge in [0.1, 0.15) is 0 Å². The predicted molar refractivity (Wildman–Crippen MR) is 53.8 cm³/mol. The summed E-state index contributed by atoms with van der Waals surface area (Å²) in [4.78, 5) is 0. The van der Waals surface area contributed by atoms with Crippen molar-refractivity contribution in [2.24, 2.45) is 7.05 Å². The lowest BCUT2D eigenvalue weighted by Gasteiger charge is -1.99. The van der Waals surface area contributed by atoms with Crippen molar-refractivity contribution in [1.82, 2.24) is 15.1 Å². The number of aromatic nitrogens is 2. The smallest absolute Gasteiger partial charge is 0.0534 e. The van der Waals surface area contributed by atoms with Crippen molar-refractivity contribution in [3.63, 3.8) is 0 Å². The lowest BCUT2D eigenvalue weighted by molar-refractivity contribution is 0.676. The maximum Gasteiger partial charge on any atom is 0.0534 e. The molecule has 1 unspecified atom stereocenters. The first-order valence-electron chi connectivity index (χ1n) is 4.17. The Hall–Kier alpha value is -0.680. The van der Waals surface area contributed by atoms with Gasteiger partial charge in [0.2, 0.25) is 0 Å². The van der Waals surface area contributed by atoms with Crippen LogP contribution in [0.4, 0.5) is 0 Å². The van der Waals surface area contributed by atoms with Crippen LogP contribution in [0.1, 0.15) is 5.56 Å². The van der Waals surface area contributed by atoms with Crippen LogP contribution in [0.2, 0.25) is 0 Å². The molecule has 0 bridgehead atoms. The number of nitrogens with zero attached hydrogens (tertiary/aromatic N) is 2. The van der Waals surface area contributed by atoms with Crippen molar-refractivity contribution in [3.05, 3.63) is 18.0 Å². The molecule has 0 radical (unpaired) electrons. The Labute approximate surface area is 80.8 Å². The molecule has 5 heteroatoms. The van der Waals surface area contributed by atoms with Crippen LogP contribution < -0.4 is 5.32 Å². The maximum atomic E-state index is 10.7.